The molecule has 0 fully saturated rings. The first-order valence-corrected chi connectivity index (χ1v) is 6.61. The second-order valence-corrected chi connectivity index (χ2v) is 4.64. The zero-order valence-corrected chi connectivity index (χ0v) is 12.3. The highest BCUT2D eigenvalue weighted by atomic mass is 16.5. The minimum atomic E-state index is -0.529. The van der Waals surface area contributed by atoms with Gasteiger partial charge in [0.15, 0.2) is 0 Å². The summed E-state index contributed by atoms with van der Waals surface area (Å²) in [5.41, 5.74) is 2.82. The number of rotatable bonds is 4. The molecule has 0 aliphatic rings. The first-order chi connectivity index (χ1) is 10.6. The van der Waals surface area contributed by atoms with E-state index in [-0.39, 0.29) is 17.7 Å². The first kappa shape index (κ1) is 15.7. The lowest BCUT2D eigenvalue weighted by Crippen LogP contribution is -2.07. The van der Waals surface area contributed by atoms with Gasteiger partial charge in [0.1, 0.15) is 0 Å². The molecular formula is C17H16O5. The maximum Gasteiger partial charge on any atom is 0.337 e. The molecule has 0 bridgehead atoms. The first-order valence-electron chi connectivity index (χ1n) is 6.61. The van der Waals surface area contributed by atoms with Gasteiger partial charge in [0.2, 0.25) is 0 Å². The van der Waals surface area contributed by atoms with Crippen molar-refractivity contribution in [3.05, 3.63) is 59.2 Å². The summed E-state index contributed by atoms with van der Waals surface area (Å²) in [7, 11) is 2.56. The Morgan fingerprint density at radius 2 is 1.36 bits per heavy atom. The van der Waals surface area contributed by atoms with Crippen LogP contribution in [0, 0.1) is 0 Å². The number of benzene rings is 2. The standard InChI is InChI=1S/C17H16O5/c1-21-16(19)14-7-13(8-15(9-14)17(20)22-2)12-5-3-11(10-18)4-6-12/h3-9,18H,10H2,1-2H3. The highest BCUT2D eigenvalue weighted by Crippen LogP contribution is 2.24. The summed E-state index contributed by atoms with van der Waals surface area (Å²) in [4.78, 5) is 23.5. The predicted molar refractivity (Wildman–Crippen MR) is 80.5 cm³/mol. The summed E-state index contributed by atoms with van der Waals surface area (Å²) in [5.74, 6) is -1.06. The number of aliphatic hydroxyl groups excluding tert-OH is 1. The van der Waals surface area contributed by atoms with Crippen LogP contribution in [0.2, 0.25) is 0 Å². The largest absolute Gasteiger partial charge is 0.465 e. The summed E-state index contributed by atoms with van der Waals surface area (Å²) in [5, 5.41) is 9.07. The van der Waals surface area contributed by atoms with Crippen LogP contribution in [-0.4, -0.2) is 31.3 Å². The molecule has 0 aliphatic carbocycles. The van der Waals surface area contributed by atoms with Gasteiger partial charge in [0.05, 0.1) is 32.0 Å². The van der Waals surface area contributed by atoms with Gasteiger partial charge in [-0.3, -0.25) is 0 Å². The maximum atomic E-state index is 11.8. The van der Waals surface area contributed by atoms with Crippen molar-refractivity contribution in [2.24, 2.45) is 0 Å². The van der Waals surface area contributed by atoms with Crippen LogP contribution < -0.4 is 0 Å². The topological polar surface area (TPSA) is 72.8 Å². The monoisotopic (exact) mass is 300 g/mol. The molecular weight excluding hydrogens is 284 g/mol. The zero-order chi connectivity index (χ0) is 16.1. The lowest BCUT2D eigenvalue weighted by atomic mass is 9.99. The van der Waals surface area contributed by atoms with Crippen molar-refractivity contribution < 1.29 is 24.2 Å². The van der Waals surface area contributed by atoms with Crippen molar-refractivity contribution in [1.29, 1.82) is 0 Å². The van der Waals surface area contributed by atoms with Crippen LogP contribution in [0.1, 0.15) is 26.3 Å². The summed E-state index contributed by atoms with van der Waals surface area (Å²) in [6.07, 6.45) is 0. The van der Waals surface area contributed by atoms with Gasteiger partial charge in [-0.15, -0.1) is 0 Å². The molecule has 0 heterocycles. The Balaban J connectivity index is 2.53. The predicted octanol–water partition coefficient (Wildman–Crippen LogP) is 2.42. The molecule has 0 aromatic heterocycles. The molecule has 0 atom stereocenters. The van der Waals surface area contributed by atoms with E-state index in [1.807, 2.05) is 12.1 Å². The van der Waals surface area contributed by atoms with Crippen molar-refractivity contribution in [1.82, 2.24) is 0 Å². The molecule has 0 amide bonds. The van der Waals surface area contributed by atoms with Gasteiger partial charge < -0.3 is 14.6 Å². The van der Waals surface area contributed by atoms with Crippen molar-refractivity contribution in [2.75, 3.05) is 14.2 Å². The molecule has 2 aromatic carbocycles. The molecule has 0 saturated heterocycles. The number of esters is 2. The maximum absolute atomic E-state index is 11.8. The van der Waals surface area contributed by atoms with E-state index in [2.05, 4.69) is 0 Å². The summed E-state index contributed by atoms with van der Waals surface area (Å²) >= 11 is 0. The Hall–Kier alpha value is -2.66. The van der Waals surface area contributed by atoms with E-state index in [1.54, 1.807) is 24.3 Å². The SMILES string of the molecule is COC(=O)c1cc(C(=O)OC)cc(-c2ccc(CO)cc2)c1. The van der Waals surface area contributed by atoms with Crippen LogP contribution in [0.4, 0.5) is 0 Å². The Kier molecular flexibility index (Phi) is 4.91. The van der Waals surface area contributed by atoms with Gasteiger partial charge in [0, 0.05) is 0 Å². The van der Waals surface area contributed by atoms with Gasteiger partial charge in [-0.1, -0.05) is 24.3 Å². The Bertz CT molecular complexity index is 654. The van der Waals surface area contributed by atoms with Crippen molar-refractivity contribution in [2.45, 2.75) is 6.61 Å². The Morgan fingerprint density at radius 1 is 0.864 bits per heavy atom. The highest BCUT2D eigenvalue weighted by Gasteiger charge is 2.14. The lowest BCUT2D eigenvalue weighted by molar-refractivity contribution is 0.0599. The molecule has 0 spiro atoms. The number of hydrogen-bond acceptors (Lipinski definition) is 5. The lowest BCUT2D eigenvalue weighted by Gasteiger charge is -2.09. The molecule has 5 nitrogen and oxygen atoms in total. The number of methoxy groups -OCH3 is 2. The van der Waals surface area contributed by atoms with Gasteiger partial charge in [-0.2, -0.15) is 0 Å². The number of carbonyl (C=O) groups is 2. The number of ether oxygens (including phenoxy) is 2. The van der Waals surface area contributed by atoms with Gasteiger partial charge in [0.25, 0.3) is 0 Å². The van der Waals surface area contributed by atoms with Gasteiger partial charge in [-0.05, 0) is 34.9 Å². The van der Waals surface area contributed by atoms with Crippen LogP contribution in [0.15, 0.2) is 42.5 Å². The van der Waals surface area contributed by atoms with Gasteiger partial charge in [-0.25, -0.2) is 9.59 Å². The van der Waals surface area contributed by atoms with Crippen molar-refractivity contribution >= 4 is 11.9 Å². The van der Waals surface area contributed by atoms with Crippen molar-refractivity contribution in [3.63, 3.8) is 0 Å². The van der Waals surface area contributed by atoms with Crippen LogP contribution >= 0.6 is 0 Å². The number of aliphatic hydroxyl groups is 1. The minimum absolute atomic E-state index is 0.0457. The van der Waals surface area contributed by atoms with Crippen molar-refractivity contribution in [3.8, 4) is 11.1 Å². The fourth-order valence-corrected chi connectivity index (χ4v) is 2.07. The van der Waals surface area contributed by atoms with E-state index >= 15 is 0 Å². The molecule has 0 radical (unpaired) electrons. The molecule has 2 aromatic rings. The second-order valence-electron chi connectivity index (χ2n) is 4.64. The zero-order valence-electron chi connectivity index (χ0n) is 12.3. The summed E-state index contributed by atoms with van der Waals surface area (Å²) < 4.78 is 9.42. The molecule has 114 valence electrons. The normalized spacial score (nSPS) is 10.1. The fourth-order valence-electron chi connectivity index (χ4n) is 2.07. The van der Waals surface area contributed by atoms with Crippen LogP contribution in [0.25, 0.3) is 11.1 Å². The third-order valence-electron chi connectivity index (χ3n) is 3.25. The molecule has 5 heteroatoms. The van der Waals surface area contributed by atoms with E-state index in [1.165, 1.54) is 20.3 Å². The smallest absolute Gasteiger partial charge is 0.337 e. The molecule has 22 heavy (non-hydrogen) atoms. The number of carbonyl (C=O) groups excluding carboxylic acids is 2. The van der Waals surface area contributed by atoms with E-state index < -0.39 is 11.9 Å². The quantitative estimate of drug-likeness (QED) is 0.878. The summed E-state index contributed by atoms with van der Waals surface area (Å²) in [6.45, 7) is -0.0457. The molecule has 0 unspecified atom stereocenters. The van der Waals surface area contributed by atoms with Crippen LogP contribution in [0.5, 0.6) is 0 Å². The molecule has 1 N–H and O–H groups in total. The second kappa shape index (κ2) is 6.87. The third-order valence-corrected chi connectivity index (χ3v) is 3.25. The highest BCUT2D eigenvalue weighted by molar-refractivity contribution is 5.97. The van der Waals surface area contributed by atoms with Gasteiger partial charge >= 0.3 is 11.9 Å². The average molecular weight is 300 g/mol. The molecule has 0 saturated carbocycles. The van der Waals surface area contributed by atoms with Crippen LogP contribution in [-0.2, 0) is 16.1 Å². The van der Waals surface area contributed by atoms with E-state index in [0.717, 1.165) is 11.1 Å². The molecule has 0 aliphatic heterocycles. The Morgan fingerprint density at radius 3 is 1.77 bits per heavy atom. The van der Waals surface area contributed by atoms with E-state index in [0.29, 0.717) is 5.56 Å². The average Bonchev–Trinajstić information content (AvgIpc) is 2.59. The third kappa shape index (κ3) is 3.32. The van der Waals surface area contributed by atoms with E-state index in [4.69, 9.17) is 14.6 Å². The minimum Gasteiger partial charge on any atom is -0.465 e. The van der Waals surface area contributed by atoms with Crippen LogP contribution in [0.3, 0.4) is 0 Å². The Labute approximate surface area is 128 Å². The fraction of sp³-hybridized carbons (Fsp3) is 0.176. The molecule has 2 rings (SSSR count). The van der Waals surface area contributed by atoms with E-state index in [9.17, 15) is 9.59 Å². The summed E-state index contributed by atoms with van der Waals surface area (Å²) in [6, 6.07) is 11.9. The number of hydrogen-bond donors (Lipinski definition) is 1.